The van der Waals surface area contributed by atoms with Crippen molar-refractivity contribution < 1.29 is 14.3 Å². The fraction of sp³-hybridized carbons (Fsp3) is 0.846. The zero-order valence-electron chi connectivity index (χ0n) is 12.1. The number of nitrogens with two attached hydrogens (primary N) is 1. The maximum absolute atomic E-state index is 11.6. The first kappa shape index (κ1) is 19.1. The van der Waals surface area contributed by atoms with Gasteiger partial charge in [-0.3, -0.25) is 9.59 Å². The Morgan fingerprint density at radius 2 is 1.95 bits per heavy atom. The summed E-state index contributed by atoms with van der Waals surface area (Å²) in [5.74, 6) is -0.477. The van der Waals surface area contributed by atoms with E-state index in [1.807, 2.05) is 6.92 Å². The van der Waals surface area contributed by atoms with Crippen molar-refractivity contribution in [3.8, 4) is 0 Å². The number of rotatable bonds is 9. The first-order valence-corrected chi connectivity index (χ1v) is 6.93. The molecule has 0 spiro atoms. The van der Waals surface area contributed by atoms with Gasteiger partial charge in [0.25, 0.3) is 0 Å². The van der Waals surface area contributed by atoms with Crippen molar-refractivity contribution in [2.24, 2.45) is 11.1 Å². The first-order chi connectivity index (χ1) is 9.12. The Hall–Kier alpha value is -0.850. The predicted octanol–water partition coefficient (Wildman–Crippen LogP) is 0.196. The molecule has 1 rings (SSSR count). The average molecular weight is 308 g/mol. The quantitative estimate of drug-likeness (QED) is 0.530. The van der Waals surface area contributed by atoms with Crippen molar-refractivity contribution in [2.45, 2.75) is 32.6 Å². The Morgan fingerprint density at radius 3 is 2.45 bits per heavy atom. The number of hydrogen-bond donors (Lipinski definition) is 3. The molecule has 1 aliphatic carbocycles. The van der Waals surface area contributed by atoms with Gasteiger partial charge in [0.2, 0.25) is 11.8 Å². The number of amides is 2. The molecule has 4 N–H and O–H groups in total. The summed E-state index contributed by atoms with van der Waals surface area (Å²) in [4.78, 5) is 22.5. The van der Waals surface area contributed by atoms with Gasteiger partial charge in [-0.25, -0.2) is 0 Å². The van der Waals surface area contributed by atoms with Crippen molar-refractivity contribution in [1.82, 2.24) is 10.6 Å². The molecule has 6 nitrogen and oxygen atoms in total. The van der Waals surface area contributed by atoms with E-state index in [0.717, 1.165) is 32.5 Å². The van der Waals surface area contributed by atoms with Gasteiger partial charge in [0, 0.05) is 19.8 Å². The van der Waals surface area contributed by atoms with Crippen LogP contribution in [0, 0.1) is 5.41 Å². The molecule has 0 bridgehead atoms. The van der Waals surface area contributed by atoms with Crippen LogP contribution in [0.25, 0.3) is 0 Å². The largest absolute Gasteiger partial charge is 0.382 e. The minimum Gasteiger partial charge on any atom is -0.382 e. The monoisotopic (exact) mass is 307 g/mol. The second-order valence-electron chi connectivity index (χ2n) is 5.06. The van der Waals surface area contributed by atoms with Crippen LogP contribution in [0.15, 0.2) is 0 Å². The van der Waals surface area contributed by atoms with Gasteiger partial charge in [-0.15, -0.1) is 12.4 Å². The molecule has 0 radical (unpaired) electrons. The highest BCUT2D eigenvalue weighted by Crippen LogP contribution is 2.43. The van der Waals surface area contributed by atoms with Crippen LogP contribution in [0.5, 0.6) is 0 Å². The molecule has 1 fully saturated rings. The van der Waals surface area contributed by atoms with Gasteiger partial charge in [0.05, 0.1) is 13.1 Å². The number of nitrogens with one attached hydrogen (secondary N) is 2. The van der Waals surface area contributed by atoms with Crippen LogP contribution < -0.4 is 16.4 Å². The van der Waals surface area contributed by atoms with Gasteiger partial charge in [-0.2, -0.15) is 0 Å². The fourth-order valence-corrected chi connectivity index (χ4v) is 2.22. The van der Waals surface area contributed by atoms with Crippen molar-refractivity contribution in [2.75, 3.05) is 32.8 Å². The summed E-state index contributed by atoms with van der Waals surface area (Å²) in [6, 6.07) is 0. The summed E-state index contributed by atoms with van der Waals surface area (Å²) in [6.45, 7) is 4.03. The standard InChI is InChI=1S/C13H25N3O3.ClH/c1-2-19-7-6-13(4-3-5-13)10-16-12(18)9-15-11(17)8-14;/h2-10,14H2,1H3,(H,15,17)(H,16,18);1H. The summed E-state index contributed by atoms with van der Waals surface area (Å²) in [7, 11) is 0. The van der Waals surface area contributed by atoms with E-state index in [1.54, 1.807) is 0 Å². The molecular weight excluding hydrogens is 282 g/mol. The summed E-state index contributed by atoms with van der Waals surface area (Å²) in [5, 5.41) is 5.34. The number of ether oxygens (including phenoxy) is 1. The van der Waals surface area contributed by atoms with E-state index in [-0.39, 0.29) is 42.7 Å². The summed E-state index contributed by atoms with van der Waals surface area (Å²) in [5.41, 5.74) is 5.34. The molecule has 2 amide bonds. The minimum atomic E-state index is -0.315. The molecule has 1 aliphatic rings. The summed E-state index contributed by atoms with van der Waals surface area (Å²) >= 11 is 0. The SMILES string of the molecule is CCOCCC1(CNC(=O)CNC(=O)CN)CCC1.Cl. The lowest BCUT2D eigenvalue weighted by Gasteiger charge is -2.42. The first-order valence-electron chi connectivity index (χ1n) is 6.93. The van der Waals surface area contributed by atoms with Gasteiger partial charge >= 0.3 is 0 Å². The Labute approximate surface area is 126 Å². The molecule has 0 atom stereocenters. The Bertz CT molecular complexity index is 309. The summed E-state index contributed by atoms with van der Waals surface area (Å²) < 4.78 is 5.38. The van der Waals surface area contributed by atoms with Crippen LogP contribution in [0.4, 0.5) is 0 Å². The highest BCUT2D eigenvalue weighted by Gasteiger charge is 2.36. The lowest BCUT2D eigenvalue weighted by Crippen LogP contribution is -2.46. The van der Waals surface area contributed by atoms with Crippen LogP contribution in [-0.4, -0.2) is 44.7 Å². The van der Waals surface area contributed by atoms with E-state index in [0.29, 0.717) is 6.54 Å². The molecule has 0 aliphatic heterocycles. The maximum Gasteiger partial charge on any atom is 0.239 e. The minimum absolute atomic E-state index is 0. The smallest absolute Gasteiger partial charge is 0.239 e. The number of carbonyl (C=O) groups excluding carboxylic acids is 2. The predicted molar refractivity (Wildman–Crippen MR) is 79.7 cm³/mol. The Kier molecular flexibility index (Phi) is 9.54. The highest BCUT2D eigenvalue weighted by molar-refractivity contribution is 5.85. The number of hydrogen-bond acceptors (Lipinski definition) is 4. The van der Waals surface area contributed by atoms with E-state index in [2.05, 4.69) is 10.6 Å². The van der Waals surface area contributed by atoms with Gasteiger partial charge in [-0.05, 0) is 31.6 Å². The number of carbonyl (C=O) groups is 2. The molecule has 1 saturated carbocycles. The van der Waals surface area contributed by atoms with E-state index in [1.165, 1.54) is 6.42 Å². The maximum atomic E-state index is 11.6. The van der Waals surface area contributed by atoms with Gasteiger partial charge in [-0.1, -0.05) is 6.42 Å². The van der Waals surface area contributed by atoms with Gasteiger partial charge in [0.1, 0.15) is 0 Å². The van der Waals surface area contributed by atoms with Crippen LogP contribution in [0.2, 0.25) is 0 Å². The third-order valence-electron chi connectivity index (χ3n) is 3.69. The van der Waals surface area contributed by atoms with Gasteiger partial charge in [0.15, 0.2) is 0 Å². The molecule has 0 aromatic rings. The second kappa shape index (κ2) is 9.96. The van der Waals surface area contributed by atoms with E-state index in [4.69, 9.17) is 10.5 Å². The zero-order valence-corrected chi connectivity index (χ0v) is 12.9. The third kappa shape index (κ3) is 6.54. The summed E-state index contributed by atoms with van der Waals surface area (Å²) in [6.07, 6.45) is 4.47. The van der Waals surface area contributed by atoms with Crippen molar-refractivity contribution in [3.63, 3.8) is 0 Å². The molecule has 118 valence electrons. The molecular formula is C13H26ClN3O3. The van der Waals surface area contributed by atoms with Crippen LogP contribution in [0.1, 0.15) is 32.6 Å². The highest BCUT2D eigenvalue weighted by atomic mass is 35.5. The van der Waals surface area contributed by atoms with Crippen molar-refractivity contribution in [1.29, 1.82) is 0 Å². The second-order valence-corrected chi connectivity index (χ2v) is 5.06. The van der Waals surface area contributed by atoms with Crippen molar-refractivity contribution in [3.05, 3.63) is 0 Å². The lowest BCUT2D eigenvalue weighted by atomic mass is 9.67. The Balaban J connectivity index is 0.00000361. The lowest BCUT2D eigenvalue weighted by molar-refractivity contribution is -0.125. The molecule has 0 heterocycles. The topological polar surface area (TPSA) is 93.5 Å². The third-order valence-corrected chi connectivity index (χ3v) is 3.69. The zero-order chi connectivity index (χ0) is 14.1. The average Bonchev–Trinajstić information content (AvgIpc) is 2.38. The molecule has 7 heteroatoms. The van der Waals surface area contributed by atoms with Crippen molar-refractivity contribution >= 4 is 24.2 Å². The van der Waals surface area contributed by atoms with E-state index < -0.39 is 0 Å². The van der Waals surface area contributed by atoms with E-state index >= 15 is 0 Å². The number of halogens is 1. The molecule has 0 aromatic carbocycles. The molecule has 0 aromatic heterocycles. The van der Waals surface area contributed by atoms with Crippen LogP contribution in [0.3, 0.4) is 0 Å². The van der Waals surface area contributed by atoms with Gasteiger partial charge < -0.3 is 21.1 Å². The van der Waals surface area contributed by atoms with Crippen LogP contribution >= 0.6 is 12.4 Å². The molecule has 0 saturated heterocycles. The van der Waals surface area contributed by atoms with Crippen LogP contribution in [-0.2, 0) is 14.3 Å². The van der Waals surface area contributed by atoms with E-state index in [9.17, 15) is 9.59 Å². The molecule has 0 unspecified atom stereocenters. The normalized spacial score (nSPS) is 15.7. The Morgan fingerprint density at radius 1 is 1.25 bits per heavy atom. The fourth-order valence-electron chi connectivity index (χ4n) is 2.22. The molecule has 20 heavy (non-hydrogen) atoms.